The van der Waals surface area contributed by atoms with E-state index in [2.05, 4.69) is 14.9 Å². The number of nitrogens with zero attached hydrogens (tertiary/aromatic N) is 3. The Kier molecular flexibility index (Phi) is 3.39. The van der Waals surface area contributed by atoms with Gasteiger partial charge in [0.1, 0.15) is 16.8 Å². The van der Waals surface area contributed by atoms with Crippen molar-refractivity contribution < 1.29 is 5.11 Å². The zero-order valence-corrected chi connectivity index (χ0v) is 12.2. The minimum atomic E-state index is -0.156. The molecule has 2 aliphatic rings. The Morgan fingerprint density at radius 1 is 1.26 bits per heavy atom. The van der Waals surface area contributed by atoms with E-state index in [9.17, 15) is 5.11 Å². The number of halogens is 1. The van der Waals surface area contributed by atoms with E-state index in [4.69, 9.17) is 11.6 Å². The highest BCUT2D eigenvalue weighted by molar-refractivity contribution is 6.30. The van der Waals surface area contributed by atoms with E-state index in [1.54, 1.807) is 0 Å². The van der Waals surface area contributed by atoms with E-state index in [0.717, 1.165) is 49.3 Å². The molecule has 19 heavy (non-hydrogen) atoms. The van der Waals surface area contributed by atoms with E-state index < -0.39 is 0 Å². The lowest BCUT2D eigenvalue weighted by molar-refractivity contribution is 0.126. The molecular weight excluding hydrogens is 262 g/mol. The number of aryl methyl sites for hydroxylation is 1. The highest BCUT2D eigenvalue weighted by Crippen LogP contribution is 2.40. The second-order valence-electron chi connectivity index (χ2n) is 5.65. The topological polar surface area (TPSA) is 49.2 Å². The van der Waals surface area contributed by atoms with Gasteiger partial charge in [0.2, 0.25) is 0 Å². The number of aliphatic hydroxyl groups is 1. The van der Waals surface area contributed by atoms with E-state index >= 15 is 0 Å². The fourth-order valence-electron chi connectivity index (χ4n) is 3.42. The van der Waals surface area contributed by atoms with Crippen molar-refractivity contribution >= 4 is 17.4 Å². The van der Waals surface area contributed by atoms with Crippen molar-refractivity contribution in [3.05, 3.63) is 16.5 Å². The molecule has 0 aromatic carbocycles. The number of hydrogen-bond donors (Lipinski definition) is 1. The fourth-order valence-corrected chi connectivity index (χ4v) is 3.61. The highest BCUT2D eigenvalue weighted by atomic mass is 35.5. The Morgan fingerprint density at radius 2 is 1.89 bits per heavy atom. The Labute approximate surface area is 118 Å². The SMILES string of the molecule is CCc1nc(Cl)c(C)c(N2C3CCC2CC(O)C3)n1. The monoisotopic (exact) mass is 281 g/mol. The lowest BCUT2D eigenvalue weighted by Gasteiger charge is -2.39. The van der Waals surface area contributed by atoms with Gasteiger partial charge >= 0.3 is 0 Å². The molecule has 4 nitrogen and oxygen atoms in total. The van der Waals surface area contributed by atoms with Crippen LogP contribution in [0.1, 0.15) is 44.0 Å². The van der Waals surface area contributed by atoms with Crippen LogP contribution < -0.4 is 4.90 Å². The molecule has 2 aliphatic heterocycles. The number of fused-ring (bicyclic) bond motifs is 2. The summed E-state index contributed by atoms with van der Waals surface area (Å²) in [6, 6.07) is 0.811. The van der Waals surface area contributed by atoms with Crippen molar-refractivity contribution in [3.8, 4) is 0 Å². The number of aliphatic hydroxyl groups excluding tert-OH is 1. The molecule has 2 unspecified atom stereocenters. The van der Waals surface area contributed by atoms with Crippen LogP contribution in [0.5, 0.6) is 0 Å². The van der Waals surface area contributed by atoms with Crippen LogP contribution in [0.3, 0.4) is 0 Å². The minimum Gasteiger partial charge on any atom is -0.393 e. The maximum atomic E-state index is 9.89. The van der Waals surface area contributed by atoms with Crippen LogP contribution >= 0.6 is 11.6 Å². The molecule has 3 heterocycles. The van der Waals surface area contributed by atoms with Crippen LogP contribution in [0.25, 0.3) is 0 Å². The Morgan fingerprint density at radius 3 is 2.47 bits per heavy atom. The van der Waals surface area contributed by atoms with Crippen molar-refractivity contribution in [1.82, 2.24) is 9.97 Å². The number of aromatic nitrogens is 2. The molecule has 0 amide bonds. The molecule has 0 aliphatic carbocycles. The first kappa shape index (κ1) is 13.1. The van der Waals surface area contributed by atoms with Crippen LogP contribution in [0.2, 0.25) is 5.15 Å². The minimum absolute atomic E-state index is 0.156. The Hall–Kier alpha value is -0.870. The lowest BCUT2D eigenvalue weighted by atomic mass is 9.99. The van der Waals surface area contributed by atoms with Crippen LogP contribution in [0.15, 0.2) is 0 Å². The van der Waals surface area contributed by atoms with E-state index in [0.29, 0.717) is 17.2 Å². The van der Waals surface area contributed by atoms with Crippen molar-refractivity contribution in [2.24, 2.45) is 0 Å². The second-order valence-corrected chi connectivity index (χ2v) is 6.01. The van der Waals surface area contributed by atoms with Crippen LogP contribution in [0.4, 0.5) is 5.82 Å². The quantitative estimate of drug-likeness (QED) is 0.846. The third kappa shape index (κ3) is 2.21. The maximum Gasteiger partial charge on any atom is 0.137 e. The first-order chi connectivity index (χ1) is 9.10. The summed E-state index contributed by atoms with van der Waals surface area (Å²) in [5.74, 6) is 1.78. The molecule has 1 aromatic rings. The zero-order chi connectivity index (χ0) is 13.6. The summed E-state index contributed by atoms with van der Waals surface area (Å²) in [7, 11) is 0. The van der Waals surface area contributed by atoms with Crippen LogP contribution in [-0.2, 0) is 6.42 Å². The predicted octanol–water partition coefficient (Wildman–Crippen LogP) is 2.49. The van der Waals surface area contributed by atoms with Gasteiger partial charge in [-0.15, -0.1) is 0 Å². The van der Waals surface area contributed by atoms with Gasteiger partial charge in [0.25, 0.3) is 0 Å². The molecule has 5 heteroatoms. The molecule has 104 valence electrons. The normalized spacial score (nSPS) is 29.9. The average Bonchev–Trinajstić information content (AvgIpc) is 2.65. The van der Waals surface area contributed by atoms with Crippen molar-refractivity contribution in [1.29, 1.82) is 0 Å². The summed E-state index contributed by atoms with van der Waals surface area (Å²) in [6.07, 6.45) is 4.61. The first-order valence-electron chi connectivity index (χ1n) is 7.09. The van der Waals surface area contributed by atoms with E-state index in [-0.39, 0.29) is 6.10 Å². The molecule has 2 atom stereocenters. The molecule has 0 radical (unpaired) electrons. The van der Waals surface area contributed by atoms with Gasteiger partial charge in [0, 0.05) is 24.1 Å². The van der Waals surface area contributed by atoms with Gasteiger partial charge in [-0.25, -0.2) is 9.97 Å². The van der Waals surface area contributed by atoms with Gasteiger partial charge in [0.15, 0.2) is 0 Å². The standard InChI is InChI=1S/C14H20ClN3O/c1-3-12-16-13(15)8(2)14(17-12)18-9-4-5-10(18)7-11(19)6-9/h9-11,19H,3-7H2,1-2H3. The van der Waals surface area contributed by atoms with Crippen LogP contribution in [-0.4, -0.2) is 33.3 Å². The number of piperidine rings is 1. The summed E-state index contributed by atoms with van der Waals surface area (Å²) in [6.45, 7) is 4.03. The van der Waals surface area contributed by atoms with Gasteiger partial charge in [-0.05, 0) is 32.6 Å². The maximum absolute atomic E-state index is 9.89. The van der Waals surface area contributed by atoms with E-state index in [1.165, 1.54) is 0 Å². The van der Waals surface area contributed by atoms with Crippen molar-refractivity contribution in [3.63, 3.8) is 0 Å². The van der Waals surface area contributed by atoms with E-state index in [1.807, 2.05) is 13.8 Å². The molecule has 2 fully saturated rings. The van der Waals surface area contributed by atoms with Crippen molar-refractivity contribution in [2.45, 2.75) is 64.1 Å². The molecule has 1 aromatic heterocycles. The number of hydrogen-bond acceptors (Lipinski definition) is 4. The van der Waals surface area contributed by atoms with Gasteiger partial charge in [-0.3, -0.25) is 0 Å². The summed E-state index contributed by atoms with van der Waals surface area (Å²) < 4.78 is 0. The van der Waals surface area contributed by atoms with Gasteiger partial charge in [0.05, 0.1) is 6.10 Å². The molecule has 2 bridgehead atoms. The van der Waals surface area contributed by atoms with Gasteiger partial charge in [-0.1, -0.05) is 18.5 Å². The summed E-state index contributed by atoms with van der Waals surface area (Å²) in [5, 5.41) is 10.5. The third-order valence-electron chi connectivity index (χ3n) is 4.38. The molecule has 0 spiro atoms. The molecule has 3 rings (SSSR count). The second kappa shape index (κ2) is 4.91. The molecular formula is C14H20ClN3O. The average molecular weight is 282 g/mol. The fraction of sp³-hybridized carbons (Fsp3) is 0.714. The van der Waals surface area contributed by atoms with Gasteiger partial charge in [-0.2, -0.15) is 0 Å². The molecule has 1 N–H and O–H groups in total. The smallest absolute Gasteiger partial charge is 0.137 e. The molecule has 0 saturated carbocycles. The summed E-state index contributed by atoms with van der Waals surface area (Å²) in [4.78, 5) is 11.4. The summed E-state index contributed by atoms with van der Waals surface area (Å²) in [5.41, 5.74) is 0.965. The first-order valence-corrected chi connectivity index (χ1v) is 7.47. The molecule has 2 saturated heterocycles. The predicted molar refractivity (Wildman–Crippen MR) is 75.7 cm³/mol. The number of rotatable bonds is 2. The zero-order valence-electron chi connectivity index (χ0n) is 11.4. The summed E-state index contributed by atoms with van der Waals surface area (Å²) >= 11 is 6.23. The van der Waals surface area contributed by atoms with Crippen molar-refractivity contribution in [2.75, 3.05) is 4.90 Å². The highest BCUT2D eigenvalue weighted by Gasteiger charge is 2.41. The largest absolute Gasteiger partial charge is 0.393 e. The lowest BCUT2D eigenvalue weighted by Crippen LogP contribution is -2.45. The Bertz CT molecular complexity index is 480. The Balaban J connectivity index is 2.01. The third-order valence-corrected chi connectivity index (χ3v) is 4.74. The van der Waals surface area contributed by atoms with Gasteiger partial charge < -0.3 is 10.0 Å². The number of anilines is 1. The van der Waals surface area contributed by atoms with Crippen LogP contribution in [0, 0.1) is 6.92 Å².